The molecule has 56 valence electrons. The molecule has 0 fully saturated rings. The van der Waals surface area contributed by atoms with Gasteiger partial charge >= 0.3 is 0 Å². The molecule has 5 heteroatoms. The van der Waals surface area contributed by atoms with Gasteiger partial charge in [-0.3, -0.25) is 4.90 Å². The second kappa shape index (κ2) is 3.48. The summed E-state index contributed by atoms with van der Waals surface area (Å²) < 4.78 is 0. The molecule has 0 saturated heterocycles. The van der Waals surface area contributed by atoms with E-state index in [0.29, 0.717) is 0 Å². The molecule has 0 saturated carbocycles. The molecule has 0 aliphatic carbocycles. The molecule has 0 unspecified atom stereocenters. The second-order valence-corrected chi connectivity index (χ2v) is 2.99. The average molecular weight is 158 g/mol. The molecule has 0 aliphatic rings. The lowest BCUT2D eigenvalue weighted by Gasteiger charge is -2.08. The first-order valence-corrected chi connectivity index (χ1v) is 3.82. The van der Waals surface area contributed by atoms with Crippen molar-refractivity contribution < 1.29 is 0 Å². The lowest BCUT2D eigenvalue weighted by molar-refractivity contribution is 0.440. The van der Waals surface area contributed by atoms with Crippen LogP contribution in [-0.2, 0) is 0 Å². The summed E-state index contributed by atoms with van der Waals surface area (Å²) in [7, 11) is 3.99. The van der Waals surface area contributed by atoms with Gasteiger partial charge in [-0.05, 0) is 14.1 Å². The fourth-order valence-corrected chi connectivity index (χ4v) is 0.912. The summed E-state index contributed by atoms with van der Waals surface area (Å²) in [6.45, 7) is 0.801. The molecule has 0 atom stereocenters. The summed E-state index contributed by atoms with van der Waals surface area (Å²) in [6.07, 6.45) is 0. The molecule has 1 aromatic rings. The van der Waals surface area contributed by atoms with Gasteiger partial charge in [0.05, 0.1) is 6.67 Å². The largest absolute Gasteiger partial charge is 0.347 e. The Morgan fingerprint density at radius 2 is 2.50 bits per heavy atom. The second-order valence-electron chi connectivity index (χ2n) is 2.16. The first-order chi connectivity index (χ1) is 4.79. The van der Waals surface area contributed by atoms with Crippen molar-refractivity contribution in [1.29, 1.82) is 0 Å². The minimum absolute atomic E-state index is 0.801. The molecule has 1 rings (SSSR count). The van der Waals surface area contributed by atoms with E-state index in [0.717, 1.165) is 11.8 Å². The minimum Gasteiger partial charge on any atom is -0.347 e. The van der Waals surface area contributed by atoms with Crippen molar-refractivity contribution >= 4 is 16.5 Å². The van der Waals surface area contributed by atoms with Gasteiger partial charge in [0, 0.05) is 0 Å². The third-order valence-corrected chi connectivity index (χ3v) is 1.56. The van der Waals surface area contributed by atoms with Crippen LogP contribution >= 0.6 is 11.3 Å². The van der Waals surface area contributed by atoms with E-state index in [1.807, 2.05) is 19.0 Å². The predicted octanol–water partition coefficient (Wildman–Crippen LogP) is 0.469. The highest BCUT2D eigenvalue weighted by molar-refractivity contribution is 7.13. The molecule has 0 aromatic carbocycles. The highest BCUT2D eigenvalue weighted by atomic mass is 32.1. The van der Waals surface area contributed by atoms with E-state index in [1.165, 1.54) is 11.3 Å². The molecule has 10 heavy (non-hydrogen) atoms. The summed E-state index contributed by atoms with van der Waals surface area (Å²) in [4.78, 5) is 2.03. The molecule has 1 heterocycles. The molecule has 0 amide bonds. The quantitative estimate of drug-likeness (QED) is 0.649. The predicted molar refractivity (Wildman–Crippen MR) is 42.1 cm³/mol. The van der Waals surface area contributed by atoms with Crippen molar-refractivity contribution in [2.45, 2.75) is 0 Å². The molecule has 4 nitrogen and oxygen atoms in total. The molecule has 0 spiro atoms. The Morgan fingerprint density at radius 1 is 1.70 bits per heavy atom. The van der Waals surface area contributed by atoms with Crippen LogP contribution in [0.25, 0.3) is 0 Å². The molecule has 0 radical (unpaired) electrons. The SMILES string of the molecule is CN(C)CNc1nncs1. The van der Waals surface area contributed by atoms with Gasteiger partial charge in [-0.2, -0.15) is 0 Å². The van der Waals surface area contributed by atoms with E-state index in [4.69, 9.17) is 0 Å². The number of hydrogen-bond acceptors (Lipinski definition) is 5. The van der Waals surface area contributed by atoms with Gasteiger partial charge in [0.2, 0.25) is 5.13 Å². The monoisotopic (exact) mass is 158 g/mol. The van der Waals surface area contributed by atoms with E-state index in [2.05, 4.69) is 15.5 Å². The number of rotatable bonds is 3. The Labute approximate surface area is 63.9 Å². The van der Waals surface area contributed by atoms with Crippen LogP contribution in [0.1, 0.15) is 0 Å². The summed E-state index contributed by atoms with van der Waals surface area (Å²) in [5, 5.41) is 11.5. The van der Waals surface area contributed by atoms with Gasteiger partial charge in [0.1, 0.15) is 5.51 Å². The van der Waals surface area contributed by atoms with Crippen molar-refractivity contribution in [3.63, 3.8) is 0 Å². The maximum absolute atomic E-state index is 3.82. The number of aromatic nitrogens is 2. The fraction of sp³-hybridized carbons (Fsp3) is 0.600. The van der Waals surface area contributed by atoms with Crippen molar-refractivity contribution in [1.82, 2.24) is 15.1 Å². The van der Waals surface area contributed by atoms with Gasteiger partial charge in [-0.25, -0.2) is 0 Å². The van der Waals surface area contributed by atoms with Gasteiger partial charge in [0.25, 0.3) is 0 Å². The summed E-state index contributed by atoms with van der Waals surface area (Å²) in [6, 6.07) is 0. The lowest BCUT2D eigenvalue weighted by atomic mass is 10.8. The van der Waals surface area contributed by atoms with Gasteiger partial charge in [0.15, 0.2) is 0 Å². The Balaban J connectivity index is 2.28. The lowest BCUT2D eigenvalue weighted by Crippen LogP contribution is -2.20. The Morgan fingerprint density at radius 3 is 3.00 bits per heavy atom. The zero-order chi connectivity index (χ0) is 7.40. The van der Waals surface area contributed by atoms with Crippen molar-refractivity contribution in [3.8, 4) is 0 Å². The van der Waals surface area contributed by atoms with Crippen LogP contribution < -0.4 is 5.32 Å². The zero-order valence-corrected chi connectivity index (χ0v) is 6.85. The van der Waals surface area contributed by atoms with Crippen LogP contribution in [0.5, 0.6) is 0 Å². The maximum Gasteiger partial charge on any atom is 0.206 e. The maximum atomic E-state index is 3.82. The van der Waals surface area contributed by atoms with E-state index >= 15 is 0 Å². The van der Waals surface area contributed by atoms with Crippen LogP contribution in [0.4, 0.5) is 5.13 Å². The number of hydrogen-bond donors (Lipinski definition) is 1. The van der Waals surface area contributed by atoms with Crippen LogP contribution in [0.3, 0.4) is 0 Å². The number of anilines is 1. The van der Waals surface area contributed by atoms with Crippen LogP contribution in [0.15, 0.2) is 5.51 Å². The van der Waals surface area contributed by atoms with Crippen molar-refractivity contribution in [3.05, 3.63) is 5.51 Å². The van der Waals surface area contributed by atoms with Crippen molar-refractivity contribution in [2.24, 2.45) is 0 Å². The third-order valence-electron chi connectivity index (χ3n) is 0.907. The van der Waals surface area contributed by atoms with Crippen molar-refractivity contribution in [2.75, 3.05) is 26.1 Å². The Kier molecular flexibility index (Phi) is 2.58. The van der Waals surface area contributed by atoms with Crippen LogP contribution in [-0.4, -0.2) is 35.9 Å². The molecular formula is C5H10N4S. The van der Waals surface area contributed by atoms with Crippen LogP contribution in [0.2, 0.25) is 0 Å². The Hall–Kier alpha value is -0.680. The summed E-state index contributed by atoms with van der Waals surface area (Å²) in [5.41, 5.74) is 1.71. The normalized spacial score (nSPS) is 10.3. The number of nitrogens with zero attached hydrogens (tertiary/aromatic N) is 3. The standard InChI is InChI=1S/C5H10N4S/c1-9(2)3-6-5-8-7-4-10-5/h4H,3H2,1-2H3,(H,6,8). The first-order valence-electron chi connectivity index (χ1n) is 2.94. The zero-order valence-electron chi connectivity index (χ0n) is 6.03. The van der Waals surface area contributed by atoms with E-state index < -0.39 is 0 Å². The smallest absolute Gasteiger partial charge is 0.206 e. The molecular weight excluding hydrogens is 148 g/mol. The van der Waals surface area contributed by atoms with Crippen LogP contribution in [0, 0.1) is 0 Å². The molecule has 1 aromatic heterocycles. The summed E-state index contributed by atoms with van der Waals surface area (Å²) in [5.74, 6) is 0. The number of nitrogens with one attached hydrogen (secondary N) is 1. The van der Waals surface area contributed by atoms with Gasteiger partial charge < -0.3 is 5.32 Å². The summed E-state index contributed by atoms with van der Waals surface area (Å²) >= 11 is 1.50. The molecule has 1 N–H and O–H groups in total. The van der Waals surface area contributed by atoms with E-state index in [1.54, 1.807) is 5.51 Å². The highest BCUT2D eigenvalue weighted by Gasteiger charge is 1.93. The molecule has 0 aliphatic heterocycles. The first kappa shape index (κ1) is 7.43. The van der Waals surface area contributed by atoms with E-state index in [9.17, 15) is 0 Å². The van der Waals surface area contributed by atoms with Gasteiger partial charge in [-0.1, -0.05) is 11.3 Å². The minimum atomic E-state index is 0.801. The molecule has 0 bridgehead atoms. The van der Waals surface area contributed by atoms with E-state index in [-0.39, 0.29) is 0 Å². The topological polar surface area (TPSA) is 41.0 Å². The fourth-order valence-electron chi connectivity index (χ4n) is 0.476. The third kappa shape index (κ3) is 2.28. The highest BCUT2D eigenvalue weighted by Crippen LogP contribution is 2.06. The Bertz CT molecular complexity index is 172. The van der Waals surface area contributed by atoms with Gasteiger partial charge in [-0.15, -0.1) is 10.2 Å². The average Bonchev–Trinajstić information content (AvgIpc) is 2.34.